The van der Waals surface area contributed by atoms with Gasteiger partial charge >= 0.3 is 11.9 Å². The summed E-state index contributed by atoms with van der Waals surface area (Å²) in [5.74, 6) is -0.415. The van der Waals surface area contributed by atoms with Gasteiger partial charge in [-0.25, -0.2) is 4.79 Å². The monoisotopic (exact) mass is 467 g/mol. The first-order valence-corrected chi connectivity index (χ1v) is 12.7. The van der Waals surface area contributed by atoms with Crippen LogP contribution in [0.2, 0.25) is 0 Å². The highest BCUT2D eigenvalue weighted by atomic mass is 16.5. The number of fused-ring (bicyclic) bond motifs is 2. The highest BCUT2D eigenvalue weighted by molar-refractivity contribution is 5.92. The number of methoxy groups -OCH3 is 1. The van der Waals surface area contributed by atoms with Crippen molar-refractivity contribution >= 4 is 17.7 Å². The van der Waals surface area contributed by atoms with Gasteiger partial charge in [0, 0.05) is 11.3 Å². The van der Waals surface area contributed by atoms with Crippen molar-refractivity contribution in [1.82, 2.24) is 0 Å². The van der Waals surface area contributed by atoms with E-state index in [0.29, 0.717) is 12.0 Å². The van der Waals surface area contributed by atoms with Crippen LogP contribution in [0.25, 0.3) is 0 Å². The van der Waals surface area contributed by atoms with Crippen LogP contribution in [0.3, 0.4) is 0 Å². The Morgan fingerprint density at radius 3 is 2.47 bits per heavy atom. The van der Waals surface area contributed by atoms with Gasteiger partial charge in [0.1, 0.15) is 6.10 Å². The largest absolute Gasteiger partial charge is 0.469 e. The van der Waals surface area contributed by atoms with Gasteiger partial charge in [0.15, 0.2) is 0 Å². The van der Waals surface area contributed by atoms with Crippen LogP contribution < -0.4 is 0 Å². The van der Waals surface area contributed by atoms with Crippen LogP contribution in [0, 0.1) is 33.5 Å². The second-order valence-electron chi connectivity index (χ2n) is 12.0. The molecule has 6 heteroatoms. The Hall–Kier alpha value is -2.37. The minimum absolute atomic E-state index is 0.0337. The molecule has 1 aromatic rings. The maximum Gasteiger partial charge on any atom is 0.338 e. The zero-order valence-electron chi connectivity index (χ0n) is 20.8. The van der Waals surface area contributed by atoms with Crippen molar-refractivity contribution in [2.24, 2.45) is 38.7 Å². The lowest BCUT2D eigenvalue weighted by atomic mass is 9.37. The molecule has 4 fully saturated rings. The molecule has 6 nitrogen and oxygen atoms in total. The number of rotatable bonds is 3. The quantitative estimate of drug-likeness (QED) is 0.354. The Morgan fingerprint density at radius 1 is 1.06 bits per heavy atom. The summed E-state index contributed by atoms with van der Waals surface area (Å²) in [5.41, 5.74) is 0.435. The van der Waals surface area contributed by atoms with Gasteiger partial charge in [-0.3, -0.25) is 4.79 Å². The highest BCUT2D eigenvalue weighted by Gasteiger charge is 2.73. The van der Waals surface area contributed by atoms with Gasteiger partial charge in [0.05, 0.1) is 23.8 Å². The maximum atomic E-state index is 13.3. The van der Waals surface area contributed by atoms with Gasteiger partial charge in [-0.15, -0.1) is 0 Å². The number of carbonyl (C=O) groups excluding carboxylic acids is 2. The Bertz CT molecular complexity index is 1020. The van der Waals surface area contributed by atoms with Gasteiger partial charge < -0.3 is 14.7 Å². The molecule has 4 saturated carbocycles. The second-order valence-corrected chi connectivity index (χ2v) is 12.0. The molecule has 4 aliphatic rings. The van der Waals surface area contributed by atoms with E-state index in [9.17, 15) is 14.8 Å². The first kappa shape index (κ1) is 23.4. The molecule has 0 amide bonds. The van der Waals surface area contributed by atoms with Crippen LogP contribution in [-0.4, -0.2) is 36.1 Å². The average Bonchev–Trinajstić information content (AvgIpc) is 3.14. The molecular weight excluding hydrogens is 430 g/mol. The molecule has 0 aromatic heterocycles. The summed E-state index contributed by atoms with van der Waals surface area (Å²) in [7, 11) is 1.46. The molecule has 1 N–H and O–H groups in total. The summed E-state index contributed by atoms with van der Waals surface area (Å²) in [6, 6.07) is 9.08. The molecule has 5 rings (SSSR count). The fraction of sp³-hybridized carbons (Fsp3) is 0.679. The first-order valence-electron chi connectivity index (χ1n) is 12.7. The molecule has 0 aliphatic heterocycles. The molecule has 4 aliphatic carbocycles. The Morgan fingerprint density at radius 2 is 1.79 bits per heavy atom. The second kappa shape index (κ2) is 7.82. The maximum absolute atomic E-state index is 13.3. The summed E-state index contributed by atoms with van der Waals surface area (Å²) in [4.78, 5) is 26.5. The van der Waals surface area contributed by atoms with E-state index in [0.717, 1.165) is 50.7 Å². The van der Waals surface area contributed by atoms with E-state index in [1.807, 2.05) is 25.1 Å². The van der Waals surface area contributed by atoms with Crippen molar-refractivity contribution < 1.29 is 24.3 Å². The van der Waals surface area contributed by atoms with Crippen LogP contribution >= 0.6 is 0 Å². The molecular formula is C28H37NO5. The Balaban J connectivity index is 1.61. The lowest BCUT2D eigenvalue weighted by molar-refractivity contribution is -0.221. The van der Waals surface area contributed by atoms with Crippen molar-refractivity contribution in [3.63, 3.8) is 0 Å². The van der Waals surface area contributed by atoms with Gasteiger partial charge in [-0.2, -0.15) is 0 Å². The average molecular weight is 468 g/mol. The predicted octanol–water partition coefficient (Wildman–Crippen LogP) is 5.63. The minimum Gasteiger partial charge on any atom is -0.469 e. The standard InChI is InChI=1S/C28H37NO5/c1-25-13-14-28(17-25)19(16-21(25)29-32)15-20(34-23(30)18-9-6-5-7-10-18)22-26(2,24(31)33-4)11-8-12-27(22,28)3/h5-7,9-10,19-20,22,32H,8,11-17H2,1-4H3/b29-21+/t19-,20+,22-,25+,26+,27-,28-/m0/s1. The van der Waals surface area contributed by atoms with Crippen molar-refractivity contribution in [3.8, 4) is 0 Å². The number of carbonyl (C=O) groups is 2. The molecule has 0 heterocycles. The van der Waals surface area contributed by atoms with Gasteiger partial charge in [0.25, 0.3) is 0 Å². The number of benzene rings is 1. The lowest BCUT2D eigenvalue weighted by Gasteiger charge is -2.67. The molecule has 7 atom stereocenters. The normalized spacial score (nSPS) is 44.1. The van der Waals surface area contributed by atoms with Crippen LogP contribution in [0.4, 0.5) is 0 Å². The SMILES string of the molecule is COC(=O)[C@]1(C)CCC[C@@]2(C)[C@H]1[C@H](OC(=O)c1ccccc1)C[C@H]1C/C(=N\O)[C@]3(C)CC[C@]12C3. The molecule has 1 aromatic carbocycles. The number of nitrogens with zero attached hydrogens (tertiary/aromatic N) is 1. The molecule has 1 spiro atoms. The number of esters is 2. The third-order valence-corrected chi connectivity index (χ3v) is 10.6. The van der Waals surface area contributed by atoms with E-state index < -0.39 is 11.5 Å². The molecule has 184 valence electrons. The van der Waals surface area contributed by atoms with Crippen LogP contribution in [0.5, 0.6) is 0 Å². The van der Waals surface area contributed by atoms with E-state index in [4.69, 9.17) is 9.47 Å². The van der Waals surface area contributed by atoms with Crippen molar-refractivity contribution in [1.29, 1.82) is 0 Å². The summed E-state index contributed by atoms with van der Waals surface area (Å²) in [6.07, 6.45) is 6.71. The third-order valence-electron chi connectivity index (χ3n) is 10.6. The van der Waals surface area contributed by atoms with Crippen LogP contribution in [0.1, 0.15) is 82.5 Å². The zero-order chi connectivity index (χ0) is 24.4. The summed E-state index contributed by atoms with van der Waals surface area (Å²) >= 11 is 0. The third kappa shape index (κ3) is 3.02. The highest BCUT2D eigenvalue weighted by Crippen LogP contribution is 2.76. The van der Waals surface area contributed by atoms with Crippen molar-refractivity contribution in [2.75, 3.05) is 7.11 Å². The van der Waals surface area contributed by atoms with E-state index in [-0.39, 0.29) is 40.0 Å². The molecule has 34 heavy (non-hydrogen) atoms. The van der Waals surface area contributed by atoms with Gasteiger partial charge in [-0.05, 0) is 80.8 Å². The summed E-state index contributed by atoms with van der Waals surface area (Å²) < 4.78 is 11.7. The number of oxime groups is 1. The Kier molecular flexibility index (Phi) is 5.38. The fourth-order valence-electron chi connectivity index (χ4n) is 9.06. The Labute approximate surface area is 202 Å². The predicted molar refractivity (Wildman–Crippen MR) is 128 cm³/mol. The van der Waals surface area contributed by atoms with E-state index in [1.165, 1.54) is 7.11 Å². The molecule has 0 saturated heterocycles. The zero-order valence-corrected chi connectivity index (χ0v) is 20.8. The fourth-order valence-corrected chi connectivity index (χ4v) is 9.06. The minimum atomic E-state index is -0.715. The number of hydrogen-bond donors (Lipinski definition) is 1. The summed E-state index contributed by atoms with van der Waals surface area (Å²) in [6.45, 7) is 6.61. The van der Waals surface area contributed by atoms with Gasteiger partial charge in [-0.1, -0.05) is 43.6 Å². The van der Waals surface area contributed by atoms with Crippen LogP contribution in [-0.2, 0) is 14.3 Å². The van der Waals surface area contributed by atoms with E-state index in [2.05, 4.69) is 19.0 Å². The van der Waals surface area contributed by atoms with Gasteiger partial charge in [0.2, 0.25) is 0 Å². The van der Waals surface area contributed by atoms with E-state index >= 15 is 0 Å². The lowest BCUT2D eigenvalue weighted by Crippen LogP contribution is -2.66. The number of hydrogen-bond acceptors (Lipinski definition) is 6. The van der Waals surface area contributed by atoms with E-state index in [1.54, 1.807) is 12.1 Å². The van der Waals surface area contributed by atoms with Crippen molar-refractivity contribution in [3.05, 3.63) is 35.9 Å². The van der Waals surface area contributed by atoms with Crippen molar-refractivity contribution in [2.45, 2.75) is 78.2 Å². The van der Waals surface area contributed by atoms with Crippen LogP contribution in [0.15, 0.2) is 35.5 Å². The smallest absolute Gasteiger partial charge is 0.338 e. The summed E-state index contributed by atoms with van der Waals surface area (Å²) in [5, 5.41) is 13.6. The topological polar surface area (TPSA) is 85.2 Å². The molecule has 2 bridgehead atoms. The number of ether oxygens (including phenoxy) is 2. The first-order chi connectivity index (χ1) is 16.1. The molecule has 0 unspecified atom stereocenters. The molecule has 0 radical (unpaired) electrons.